The number of benzene rings is 3. The lowest BCUT2D eigenvalue weighted by molar-refractivity contribution is -0.141. The summed E-state index contributed by atoms with van der Waals surface area (Å²) in [6, 6.07) is 25.5. The molecule has 6 heteroatoms. The first-order chi connectivity index (χ1) is 17.1. The van der Waals surface area contributed by atoms with Crippen LogP contribution in [0, 0.1) is 5.82 Å². The van der Waals surface area contributed by atoms with Crippen molar-refractivity contribution in [3.8, 4) is 0 Å². The lowest BCUT2D eigenvalue weighted by Gasteiger charge is -2.31. The average Bonchev–Trinajstić information content (AvgIpc) is 2.89. The smallest absolute Gasteiger partial charge is 0.243 e. The second-order valence-electron chi connectivity index (χ2n) is 8.40. The summed E-state index contributed by atoms with van der Waals surface area (Å²) in [7, 11) is 0. The summed E-state index contributed by atoms with van der Waals surface area (Å²) in [6.45, 7) is 2.56. The van der Waals surface area contributed by atoms with Gasteiger partial charge in [-0.2, -0.15) is 11.8 Å². The molecular weight excluding hydrogens is 459 g/mol. The van der Waals surface area contributed by atoms with Crippen molar-refractivity contribution in [3.05, 3.63) is 107 Å². The van der Waals surface area contributed by atoms with Crippen molar-refractivity contribution in [2.45, 2.75) is 44.5 Å². The van der Waals surface area contributed by atoms with Gasteiger partial charge >= 0.3 is 0 Å². The number of hydrogen-bond donors (Lipinski definition) is 1. The summed E-state index contributed by atoms with van der Waals surface area (Å²) in [4.78, 5) is 28.3. The number of rotatable bonds is 13. The van der Waals surface area contributed by atoms with E-state index in [2.05, 4.69) is 17.4 Å². The van der Waals surface area contributed by atoms with Gasteiger partial charge in [0.1, 0.15) is 11.9 Å². The summed E-state index contributed by atoms with van der Waals surface area (Å²) < 4.78 is 14.6. The minimum Gasteiger partial charge on any atom is -0.354 e. The Morgan fingerprint density at radius 1 is 0.914 bits per heavy atom. The Hall–Kier alpha value is -3.12. The van der Waals surface area contributed by atoms with Gasteiger partial charge in [0.15, 0.2) is 0 Å². The summed E-state index contributed by atoms with van der Waals surface area (Å²) in [6.07, 6.45) is 1.44. The maximum absolute atomic E-state index is 14.6. The molecular formula is C29H33FN2O2S. The molecule has 0 saturated carbocycles. The van der Waals surface area contributed by atoms with E-state index in [1.807, 2.05) is 55.5 Å². The fourth-order valence-electron chi connectivity index (χ4n) is 3.80. The molecule has 0 aliphatic carbocycles. The Bertz CT molecular complexity index is 1060. The van der Waals surface area contributed by atoms with Crippen LogP contribution in [0.1, 0.15) is 36.5 Å². The van der Waals surface area contributed by atoms with Gasteiger partial charge in [0.05, 0.1) is 0 Å². The number of carbonyl (C=O) groups is 2. The van der Waals surface area contributed by atoms with Gasteiger partial charge in [-0.25, -0.2) is 4.39 Å². The Morgan fingerprint density at radius 2 is 1.54 bits per heavy atom. The van der Waals surface area contributed by atoms with Crippen LogP contribution in [0.2, 0.25) is 0 Å². The van der Waals surface area contributed by atoms with Gasteiger partial charge in [0.25, 0.3) is 0 Å². The zero-order chi connectivity index (χ0) is 24.9. The Morgan fingerprint density at radius 3 is 2.20 bits per heavy atom. The predicted molar refractivity (Wildman–Crippen MR) is 141 cm³/mol. The van der Waals surface area contributed by atoms with Crippen LogP contribution in [-0.2, 0) is 28.3 Å². The van der Waals surface area contributed by atoms with Gasteiger partial charge in [0, 0.05) is 43.0 Å². The molecule has 1 atom stereocenters. The van der Waals surface area contributed by atoms with E-state index in [0.717, 1.165) is 17.7 Å². The van der Waals surface area contributed by atoms with E-state index < -0.39 is 6.04 Å². The highest BCUT2D eigenvalue weighted by atomic mass is 32.2. The van der Waals surface area contributed by atoms with Crippen molar-refractivity contribution in [2.75, 3.05) is 12.3 Å². The topological polar surface area (TPSA) is 49.4 Å². The maximum atomic E-state index is 14.6. The first-order valence-corrected chi connectivity index (χ1v) is 13.2. The van der Waals surface area contributed by atoms with Crippen LogP contribution in [0.3, 0.4) is 0 Å². The van der Waals surface area contributed by atoms with E-state index in [9.17, 15) is 14.0 Å². The molecule has 184 valence electrons. The number of thioether (sulfide) groups is 1. The van der Waals surface area contributed by atoms with Crippen LogP contribution in [-0.4, -0.2) is 35.1 Å². The van der Waals surface area contributed by atoms with Crippen molar-refractivity contribution < 1.29 is 14.0 Å². The number of carbonyl (C=O) groups excluding carboxylic acids is 2. The lowest BCUT2D eigenvalue weighted by Crippen LogP contribution is -2.50. The molecule has 1 N–H and O–H groups in total. The first kappa shape index (κ1) is 26.5. The molecule has 3 rings (SSSR count). The third-order valence-corrected chi connectivity index (χ3v) is 6.72. The summed E-state index contributed by atoms with van der Waals surface area (Å²) in [5.74, 6) is 0.692. The number of amides is 2. The van der Waals surface area contributed by atoms with Crippen molar-refractivity contribution >= 4 is 23.6 Å². The zero-order valence-electron chi connectivity index (χ0n) is 20.2. The number of nitrogens with zero attached hydrogens (tertiary/aromatic N) is 1. The SMILES string of the molecule is CCCNC(=O)C(Cc1ccccc1)N(Cc1ccccc1F)C(=O)CCSCc1ccccc1. The van der Waals surface area contributed by atoms with E-state index >= 15 is 0 Å². The molecule has 2 amide bonds. The van der Waals surface area contributed by atoms with Crippen LogP contribution in [0.4, 0.5) is 4.39 Å². The third kappa shape index (κ3) is 8.55. The van der Waals surface area contributed by atoms with Crippen molar-refractivity contribution in [1.82, 2.24) is 10.2 Å². The van der Waals surface area contributed by atoms with Gasteiger partial charge in [-0.15, -0.1) is 0 Å². The normalized spacial score (nSPS) is 11.6. The quantitative estimate of drug-likeness (QED) is 0.315. The van der Waals surface area contributed by atoms with Crippen molar-refractivity contribution in [3.63, 3.8) is 0 Å². The fraction of sp³-hybridized carbons (Fsp3) is 0.310. The molecule has 0 aromatic heterocycles. The average molecular weight is 493 g/mol. The Labute approximate surface area is 211 Å². The van der Waals surface area contributed by atoms with Crippen LogP contribution >= 0.6 is 11.8 Å². The van der Waals surface area contributed by atoms with Crippen LogP contribution in [0.25, 0.3) is 0 Å². The van der Waals surface area contributed by atoms with Gasteiger partial charge in [-0.3, -0.25) is 9.59 Å². The maximum Gasteiger partial charge on any atom is 0.243 e. The minimum atomic E-state index is -0.727. The Kier molecular flexibility index (Phi) is 10.8. The van der Waals surface area contributed by atoms with E-state index in [1.165, 1.54) is 11.6 Å². The highest BCUT2D eigenvalue weighted by Crippen LogP contribution is 2.19. The third-order valence-electron chi connectivity index (χ3n) is 5.69. The zero-order valence-corrected chi connectivity index (χ0v) is 21.0. The van der Waals surface area contributed by atoms with Gasteiger partial charge < -0.3 is 10.2 Å². The molecule has 4 nitrogen and oxygen atoms in total. The molecule has 0 bridgehead atoms. The lowest BCUT2D eigenvalue weighted by atomic mass is 10.0. The minimum absolute atomic E-state index is 0.0475. The molecule has 0 aliphatic heterocycles. The monoisotopic (exact) mass is 492 g/mol. The summed E-state index contributed by atoms with van der Waals surface area (Å²) in [5.41, 5.74) is 2.56. The van der Waals surface area contributed by atoms with Crippen molar-refractivity contribution in [2.24, 2.45) is 0 Å². The summed E-state index contributed by atoms with van der Waals surface area (Å²) in [5, 5.41) is 2.95. The molecule has 0 fully saturated rings. The van der Waals surface area contributed by atoms with E-state index in [-0.39, 0.29) is 30.6 Å². The van der Waals surface area contributed by atoms with E-state index in [1.54, 1.807) is 34.9 Å². The second-order valence-corrected chi connectivity index (χ2v) is 9.50. The number of hydrogen-bond acceptors (Lipinski definition) is 3. The predicted octanol–water partition coefficient (Wildman–Crippen LogP) is 5.62. The van der Waals surface area contributed by atoms with Gasteiger partial charge in [-0.05, 0) is 23.6 Å². The molecule has 0 spiro atoms. The molecule has 0 radical (unpaired) electrons. The molecule has 0 heterocycles. The first-order valence-electron chi connectivity index (χ1n) is 12.0. The highest BCUT2D eigenvalue weighted by molar-refractivity contribution is 7.98. The molecule has 1 unspecified atom stereocenters. The Balaban J connectivity index is 1.79. The highest BCUT2D eigenvalue weighted by Gasteiger charge is 2.30. The van der Waals surface area contributed by atoms with Crippen LogP contribution < -0.4 is 5.32 Å². The fourth-order valence-corrected chi connectivity index (χ4v) is 4.69. The number of nitrogens with one attached hydrogen (secondary N) is 1. The summed E-state index contributed by atoms with van der Waals surface area (Å²) >= 11 is 1.68. The molecule has 3 aromatic carbocycles. The number of halogens is 1. The van der Waals surface area contributed by atoms with E-state index in [0.29, 0.717) is 24.3 Å². The van der Waals surface area contributed by atoms with Crippen LogP contribution in [0.5, 0.6) is 0 Å². The van der Waals surface area contributed by atoms with Gasteiger partial charge in [-0.1, -0.05) is 85.8 Å². The molecule has 0 aliphatic rings. The molecule has 35 heavy (non-hydrogen) atoms. The molecule has 0 saturated heterocycles. The standard InChI is InChI=1S/C29H33FN2O2S/c1-2-18-31-29(34)27(20-23-11-5-3-6-12-23)32(21-25-15-9-10-16-26(25)30)28(33)17-19-35-22-24-13-7-4-8-14-24/h3-16,27H,2,17-22H2,1H3,(H,31,34). The van der Waals surface area contributed by atoms with Crippen molar-refractivity contribution in [1.29, 1.82) is 0 Å². The van der Waals surface area contributed by atoms with Crippen LogP contribution in [0.15, 0.2) is 84.9 Å². The van der Waals surface area contributed by atoms with Gasteiger partial charge in [0.2, 0.25) is 11.8 Å². The molecule has 3 aromatic rings. The van der Waals surface area contributed by atoms with E-state index in [4.69, 9.17) is 0 Å². The largest absolute Gasteiger partial charge is 0.354 e. The second kappa shape index (κ2) is 14.3.